The van der Waals surface area contributed by atoms with Crippen LogP contribution in [0.4, 0.5) is 0 Å². The number of carbonyl (C=O) groups excluding carboxylic acids is 1. The van der Waals surface area contributed by atoms with Gasteiger partial charge in [-0.15, -0.1) is 0 Å². The van der Waals surface area contributed by atoms with Gasteiger partial charge in [0.15, 0.2) is 0 Å². The quantitative estimate of drug-likeness (QED) is 0.774. The summed E-state index contributed by atoms with van der Waals surface area (Å²) in [6, 6.07) is 3.87. The molecule has 2 rings (SSSR count). The van der Waals surface area contributed by atoms with Gasteiger partial charge in [0.2, 0.25) is 5.91 Å². The molecule has 2 N–H and O–H groups in total. The molecule has 0 bridgehead atoms. The maximum atomic E-state index is 11.9. The van der Waals surface area contributed by atoms with Crippen LogP contribution in [0.3, 0.4) is 0 Å². The third kappa shape index (κ3) is 4.88. The van der Waals surface area contributed by atoms with E-state index in [-0.39, 0.29) is 18.6 Å². The first-order valence-electron chi connectivity index (χ1n) is 7.98. The normalized spacial score (nSPS) is 22.3. The van der Waals surface area contributed by atoms with Gasteiger partial charge in [-0.05, 0) is 36.8 Å². The van der Waals surface area contributed by atoms with Crippen molar-refractivity contribution >= 4 is 5.91 Å². The Bertz CT molecular complexity index is 466. The molecule has 1 saturated carbocycles. The molecule has 0 spiro atoms. The van der Waals surface area contributed by atoms with Gasteiger partial charge in [0.1, 0.15) is 11.5 Å². The van der Waals surface area contributed by atoms with Gasteiger partial charge >= 0.3 is 0 Å². The number of hydrogen-bond donors (Lipinski definition) is 2. The molecule has 1 fully saturated rings. The number of aryl methyl sites for hydroxylation is 1. The summed E-state index contributed by atoms with van der Waals surface area (Å²) in [7, 11) is 0. The van der Waals surface area contributed by atoms with E-state index in [9.17, 15) is 9.90 Å². The minimum Gasteiger partial charge on any atom is -0.466 e. The lowest BCUT2D eigenvalue weighted by molar-refractivity contribution is -0.122. The average Bonchev–Trinajstić information content (AvgIpc) is 2.98. The minimum absolute atomic E-state index is 0.00557. The zero-order valence-corrected chi connectivity index (χ0v) is 13.3. The van der Waals surface area contributed by atoms with Crippen molar-refractivity contribution in [2.75, 3.05) is 6.61 Å². The van der Waals surface area contributed by atoms with Crippen LogP contribution < -0.4 is 5.32 Å². The first kappa shape index (κ1) is 16.1. The summed E-state index contributed by atoms with van der Waals surface area (Å²) in [6.07, 6.45) is 3.03. The van der Waals surface area contributed by atoms with Crippen LogP contribution >= 0.6 is 0 Å². The number of nitrogens with one attached hydrogen (secondary N) is 1. The maximum absolute atomic E-state index is 11.9. The van der Waals surface area contributed by atoms with Gasteiger partial charge in [-0.1, -0.05) is 20.8 Å². The van der Waals surface area contributed by atoms with E-state index in [4.69, 9.17) is 4.42 Å². The Kier molecular flexibility index (Phi) is 5.45. The lowest BCUT2D eigenvalue weighted by atomic mass is 10.0. The van der Waals surface area contributed by atoms with Crippen molar-refractivity contribution in [2.45, 2.75) is 58.4 Å². The Morgan fingerprint density at radius 3 is 2.76 bits per heavy atom. The Labute approximate surface area is 126 Å². The number of hydrogen-bond acceptors (Lipinski definition) is 3. The van der Waals surface area contributed by atoms with Crippen molar-refractivity contribution in [1.29, 1.82) is 0 Å². The fourth-order valence-corrected chi connectivity index (χ4v) is 2.73. The number of rotatable bonds is 8. The summed E-state index contributed by atoms with van der Waals surface area (Å²) < 4.78 is 5.79. The van der Waals surface area contributed by atoms with E-state index in [1.807, 2.05) is 12.1 Å². The van der Waals surface area contributed by atoms with Crippen molar-refractivity contribution in [2.24, 2.45) is 11.8 Å². The van der Waals surface area contributed by atoms with Gasteiger partial charge in [-0.3, -0.25) is 4.79 Å². The fourth-order valence-electron chi connectivity index (χ4n) is 2.73. The Morgan fingerprint density at radius 1 is 1.48 bits per heavy atom. The van der Waals surface area contributed by atoms with Gasteiger partial charge in [0, 0.05) is 18.8 Å². The second-order valence-corrected chi connectivity index (χ2v) is 6.70. The summed E-state index contributed by atoms with van der Waals surface area (Å²) >= 11 is 0. The molecule has 1 amide bonds. The van der Waals surface area contributed by atoms with Crippen LogP contribution in [0.25, 0.3) is 0 Å². The molecule has 3 atom stereocenters. The highest BCUT2D eigenvalue weighted by Gasteiger charge is 2.36. The third-order valence-electron chi connectivity index (χ3n) is 4.10. The largest absolute Gasteiger partial charge is 0.466 e. The van der Waals surface area contributed by atoms with Crippen LogP contribution in [0.1, 0.15) is 57.5 Å². The predicted octanol–water partition coefficient (Wildman–Crippen LogP) is 2.86. The molecule has 1 heterocycles. The molecule has 4 nitrogen and oxygen atoms in total. The summed E-state index contributed by atoms with van der Waals surface area (Å²) in [5.74, 6) is 3.68. The van der Waals surface area contributed by atoms with Crippen LogP contribution in [-0.2, 0) is 11.2 Å². The number of aliphatic hydroxyl groups is 1. The van der Waals surface area contributed by atoms with Crippen molar-refractivity contribution in [3.8, 4) is 0 Å². The molecule has 118 valence electrons. The third-order valence-corrected chi connectivity index (χ3v) is 4.10. The molecule has 0 aliphatic heterocycles. The molecule has 0 saturated heterocycles. The monoisotopic (exact) mass is 293 g/mol. The topological polar surface area (TPSA) is 62.5 Å². The number of furan rings is 1. The summed E-state index contributed by atoms with van der Waals surface area (Å²) in [6.45, 7) is 6.38. The molecule has 1 aromatic rings. The van der Waals surface area contributed by atoms with E-state index in [0.29, 0.717) is 24.7 Å². The highest BCUT2D eigenvalue weighted by molar-refractivity contribution is 5.76. The average molecular weight is 293 g/mol. The van der Waals surface area contributed by atoms with Crippen molar-refractivity contribution in [3.63, 3.8) is 0 Å². The first-order chi connectivity index (χ1) is 9.99. The van der Waals surface area contributed by atoms with Crippen LogP contribution in [-0.4, -0.2) is 23.7 Å². The predicted molar refractivity (Wildman–Crippen MR) is 82.0 cm³/mol. The fraction of sp³-hybridized carbons (Fsp3) is 0.706. The van der Waals surface area contributed by atoms with Crippen LogP contribution in [0.15, 0.2) is 16.5 Å². The van der Waals surface area contributed by atoms with Gasteiger partial charge in [0.25, 0.3) is 0 Å². The van der Waals surface area contributed by atoms with E-state index < -0.39 is 0 Å². The Hall–Kier alpha value is -1.29. The molecule has 0 radical (unpaired) electrons. The van der Waals surface area contributed by atoms with E-state index in [0.717, 1.165) is 23.9 Å². The maximum Gasteiger partial charge on any atom is 0.220 e. The molecule has 0 aromatic carbocycles. The standard InChI is InChI=1S/C17H27NO3/c1-11(2)8-13(10-19)18-17(20)7-5-14-4-6-16(21-14)15-9-12(15)3/h4,6,11-13,15,19H,5,7-10H2,1-3H3,(H,18,20). The SMILES string of the molecule is CC(C)CC(CO)NC(=O)CCc1ccc(C2CC2C)o1. The highest BCUT2D eigenvalue weighted by atomic mass is 16.3. The summed E-state index contributed by atoms with van der Waals surface area (Å²) in [5, 5.41) is 12.2. The van der Waals surface area contributed by atoms with Gasteiger partial charge < -0.3 is 14.8 Å². The van der Waals surface area contributed by atoms with Crippen LogP contribution in [0, 0.1) is 11.8 Å². The highest BCUT2D eigenvalue weighted by Crippen LogP contribution is 2.47. The molecule has 1 aliphatic rings. The van der Waals surface area contributed by atoms with E-state index >= 15 is 0 Å². The second-order valence-electron chi connectivity index (χ2n) is 6.70. The molecule has 1 aromatic heterocycles. The van der Waals surface area contributed by atoms with Crippen molar-refractivity contribution in [1.82, 2.24) is 5.32 Å². The second kappa shape index (κ2) is 7.12. The molecular weight excluding hydrogens is 266 g/mol. The zero-order chi connectivity index (χ0) is 15.4. The zero-order valence-electron chi connectivity index (χ0n) is 13.3. The number of aliphatic hydroxyl groups excluding tert-OH is 1. The summed E-state index contributed by atoms with van der Waals surface area (Å²) in [5.41, 5.74) is 0. The van der Waals surface area contributed by atoms with E-state index in [1.165, 1.54) is 6.42 Å². The molecular formula is C17H27NO3. The van der Waals surface area contributed by atoms with E-state index in [1.54, 1.807) is 0 Å². The first-order valence-corrected chi connectivity index (χ1v) is 7.98. The molecule has 21 heavy (non-hydrogen) atoms. The molecule has 3 unspecified atom stereocenters. The van der Waals surface area contributed by atoms with Crippen LogP contribution in [0.2, 0.25) is 0 Å². The van der Waals surface area contributed by atoms with Gasteiger partial charge in [0.05, 0.1) is 12.6 Å². The summed E-state index contributed by atoms with van der Waals surface area (Å²) in [4.78, 5) is 11.9. The number of amides is 1. The smallest absolute Gasteiger partial charge is 0.220 e. The van der Waals surface area contributed by atoms with Gasteiger partial charge in [-0.2, -0.15) is 0 Å². The number of carbonyl (C=O) groups is 1. The lowest BCUT2D eigenvalue weighted by Gasteiger charge is -2.18. The van der Waals surface area contributed by atoms with E-state index in [2.05, 4.69) is 26.1 Å². The lowest BCUT2D eigenvalue weighted by Crippen LogP contribution is -2.38. The van der Waals surface area contributed by atoms with Crippen molar-refractivity contribution < 1.29 is 14.3 Å². The van der Waals surface area contributed by atoms with Gasteiger partial charge in [-0.25, -0.2) is 0 Å². The van der Waals surface area contributed by atoms with Crippen molar-refractivity contribution in [3.05, 3.63) is 23.7 Å². The molecule has 1 aliphatic carbocycles. The molecule has 4 heteroatoms. The van der Waals surface area contributed by atoms with Crippen LogP contribution in [0.5, 0.6) is 0 Å². The minimum atomic E-state index is -0.142. The Balaban J connectivity index is 1.74. The Morgan fingerprint density at radius 2 is 2.19 bits per heavy atom.